The summed E-state index contributed by atoms with van der Waals surface area (Å²) in [6, 6.07) is 12.5. The lowest BCUT2D eigenvalue weighted by molar-refractivity contribution is -0.169. The number of nitrogens with zero attached hydrogens (tertiary/aromatic N) is 8. The fraction of sp³-hybridized carbons (Fsp3) is 0.234. The molecule has 2 aliphatic heterocycles. The highest BCUT2D eigenvalue weighted by molar-refractivity contribution is 7.93. The zero-order valence-corrected chi connectivity index (χ0v) is 40.2. The predicted octanol–water partition coefficient (Wildman–Crippen LogP) is 11.7. The summed E-state index contributed by atoms with van der Waals surface area (Å²) in [5, 5.41) is 23.2. The number of amides is 6. The van der Waals surface area contributed by atoms with Crippen molar-refractivity contribution in [3.05, 3.63) is 164 Å². The van der Waals surface area contributed by atoms with Crippen LogP contribution in [-0.2, 0) is 41.4 Å². The van der Waals surface area contributed by atoms with Crippen molar-refractivity contribution in [1.82, 2.24) is 10.6 Å². The first-order valence-corrected chi connectivity index (χ1v) is 24.3. The Bertz CT molecular complexity index is 3380. The molecule has 0 saturated carbocycles. The molecular formula is C47H34F12N10O6S2. The van der Waals surface area contributed by atoms with Gasteiger partial charge in [-0.15, -0.1) is 8.73 Å². The molecule has 404 valence electrons. The molecule has 0 radical (unpaired) electrons. The van der Waals surface area contributed by atoms with Crippen LogP contribution in [0, 0.1) is 35.8 Å². The van der Waals surface area contributed by atoms with E-state index < -0.39 is 101 Å². The summed E-state index contributed by atoms with van der Waals surface area (Å²) in [5.74, 6) is -5.28. The third kappa shape index (κ3) is 13.2. The van der Waals surface area contributed by atoms with E-state index in [4.69, 9.17) is 13.1 Å². The Morgan fingerprint density at radius 3 is 1.19 bits per heavy atom. The van der Waals surface area contributed by atoms with E-state index in [0.717, 1.165) is 70.8 Å². The second-order valence-electron chi connectivity index (χ2n) is 15.8. The van der Waals surface area contributed by atoms with E-state index >= 15 is 0 Å². The van der Waals surface area contributed by atoms with Crippen LogP contribution in [0.5, 0.6) is 0 Å². The van der Waals surface area contributed by atoms with Crippen LogP contribution in [0.3, 0.4) is 0 Å². The predicted molar refractivity (Wildman–Crippen MR) is 250 cm³/mol. The Labute approximate surface area is 429 Å². The van der Waals surface area contributed by atoms with Crippen LogP contribution < -0.4 is 20.4 Å². The van der Waals surface area contributed by atoms with Crippen molar-refractivity contribution in [2.24, 2.45) is 8.73 Å². The molecule has 0 bridgehead atoms. The summed E-state index contributed by atoms with van der Waals surface area (Å²) in [5.41, 5.74) is -4.05. The SMILES string of the molecule is C.[C-]#[N+]C1=C(C)N(c2cccc(C(F)(F)F)c2)C(=O)N[C@@H]1c1ccc(C#N)cc1[S@@](C)(=O)=NC(=O)C(F)(F)F.[C-]#[N+]C1=C(C)N(c2cccc(C(F)(F)F)c2)C(=O)N[C@@H]1c1ccc(C#N)cc1[S@](C)(=O)=NC(=O)C(F)(F)F. The van der Waals surface area contributed by atoms with Crippen LogP contribution in [0.1, 0.15) is 66.7 Å². The molecule has 2 aliphatic rings. The first kappa shape index (κ1) is 60.8. The van der Waals surface area contributed by atoms with Gasteiger partial charge in [-0.3, -0.25) is 19.4 Å². The summed E-state index contributed by atoms with van der Waals surface area (Å²) in [4.78, 5) is 56.3. The number of urea groups is 2. The number of carbonyl (C=O) groups excluding carboxylic acids is 4. The summed E-state index contributed by atoms with van der Waals surface area (Å²) in [7, 11) is -8.34. The summed E-state index contributed by atoms with van der Waals surface area (Å²) in [6.45, 7) is 17.8. The standard InChI is InChI=1S/2C23H15F6N5O3S.CH4/c2*1-12-18(31-2)19(32-21(36)34(12)15-6-4-5-14(10-15)22(24,25)26)16-8-7-13(11-30)9-17(16)38(3,37)33-20(35)23(27,28)29;/h2*4-10,19H,1,3H3,(H,32,36);1H4/t19-,38+;19-,38-;/m11./s1. The molecule has 0 spiro atoms. The average molecular weight is 1130 g/mol. The quantitative estimate of drug-likeness (QED) is 0.140. The molecule has 30 heteroatoms. The Balaban J connectivity index is 0.000000328. The zero-order valence-electron chi connectivity index (χ0n) is 38.6. The van der Waals surface area contributed by atoms with Gasteiger partial charge in [0.25, 0.3) is 0 Å². The van der Waals surface area contributed by atoms with Crippen molar-refractivity contribution in [3.8, 4) is 12.1 Å². The van der Waals surface area contributed by atoms with Crippen molar-refractivity contribution in [3.63, 3.8) is 0 Å². The molecule has 0 unspecified atom stereocenters. The van der Waals surface area contributed by atoms with Crippen LogP contribution in [0.4, 0.5) is 73.6 Å². The molecule has 0 saturated heterocycles. The third-order valence-electron chi connectivity index (χ3n) is 10.7. The highest BCUT2D eigenvalue weighted by atomic mass is 32.2. The minimum absolute atomic E-state index is 0. The molecule has 4 aromatic rings. The van der Waals surface area contributed by atoms with E-state index in [1.54, 1.807) is 12.1 Å². The van der Waals surface area contributed by atoms with Crippen molar-refractivity contribution in [2.45, 2.75) is 67.9 Å². The van der Waals surface area contributed by atoms with Gasteiger partial charge in [-0.1, -0.05) is 31.7 Å². The topological polar surface area (TPSA) is 214 Å². The molecule has 6 rings (SSSR count). The van der Waals surface area contributed by atoms with Gasteiger partial charge in [0.2, 0.25) is 11.4 Å². The fourth-order valence-corrected chi connectivity index (χ4v) is 10.3. The highest BCUT2D eigenvalue weighted by Crippen LogP contribution is 2.41. The number of anilines is 2. The first-order valence-electron chi connectivity index (χ1n) is 20.5. The molecule has 16 nitrogen and oxygen atoms in total. The van der Waals surface area contributed by atoms with Crippen LogP contribution in [-0.4, -0.2) is 57.2 Å². The van der Waals surface area contributed by atoms with Gasteiger partial charge in [0.1, 0.15) is 0 Å². The Morgan fingerprint density at radius 1 is 0.597 bits per heavy atom. The Kier molecular flexibility index (Phi) is 17.6. The molecular weight excluding hydrogens is 1090 g/mol. The third-order valence-corrected chi connectivity index (χ3v) is 14.1. The number of halogens is 12. The van der Waals surface area contributed by atoms with Crippen molar-refractivity contribution in [2.75, 3.05) is 22.3 Å². The number of hydrogen-bond acceptors (Lipinski definition) is 8. The van der Waals surface area contributed by atoms with Crippen LogP contribution in [0.2, 0.25) is 0 Å². The van der Waals surface area contributed by atoms with E-state index in [1.807, 2.05) is 0 Å². The highest BCUT2D eigenvalue weighted by Gasteiger charge is 2.43. The minimum Gasteiger partial charge on any atom is -0.335 e. The van der Waals surface area contributed by atoms with Gasteiger partial charge in [-0.05, 0) is 85.6 Å². The van der Waals surface area contributed by atoms with Gasteiger partial charge in [0, 0.05) is 35.3 Å². The minimum atomic E-state index is -5.44. The molecule has 2 heterocycles. The molecule has 2 N–H and O–H groups in total. The maximum absolute atomic E-state index is 13.2. The number of benzene rings is 4. The normalized spacial score (nSPS) is 17.5. The lowest BCUT2D eigenvalue weighted by atomic mass is 9.99. The van der Waals surface area contributed by atoms with Gasteiger partial charge >= 0.3 is 48.6 Å². The largest absolute Gasteiger partial charge is 0.474 e. The number of carbonyl (C=O) groups is 4. The van der Waals surface area contributed by atoms with Gasteiger partial charge in [-0.2, -0.15) is 63.2 Å². The Hall–Kier alpha value is -8.74. The van der Waals surface area contributed by atoms with Crippen LogP contribution in [0.25, 0.3) is 9.69 Å². The Morgan fingerprint density at radius 2 is 0.922 bits per heavy atom. The van der Waals surface area contributed by atoms with Crippen LogP contribution >= 0.6 is 0 Å². The zero-order chi connectivity index (χ0) is 57.3. The van der Waals surface area contributed by atoms with Gasteiger partial charge in [-0.25, -0.2) is 27.7 Å². The lowest BCUT2D eigenvalue weighted by Crippen LogP contribution is -2.46. The molecule has 4 atom stereocenters. The number of alkyl halides is 12. The fourth-order valence-electron chi connectivity index (χ4n) is 7.33. The second-order valence-corrected chi connectivity index (χ2v) is 20.3. The molecule has 77 heavy (non-hydrogen) atoms. The van der Waals surface area contributed by atoms with Gasteiger partial charge in [0.05, 0.1) is 88.9 Å². The van der Waals surface area contributed by atoms with Crippen molar-refractivity contribution >= 4 is 54.7 Å². The van der Waals surface area contributed by atoms with E-state index in [-0.39, 0.29) is 63.8 Å². The lowest BCUT2D eigenvalue weighted by Gasteiger charge is -2.35. The van der Waals surface area contributed by atoms with Gasteiger partial charge < -0.3 is 10.6 Å². The maximum Gasteiger partial charge on any atom is 0.474 e. The van der Waals surface area contributed by atoms with E-state index in [1.165, 1.54) is 38.1 Å². The molecule has 0 aromatic heterocycles. The monoisotopic (exact) mass is 1130 g/mol. The summed E-state index contributed by atoms with van der Waals surface area (Å²) in [6.07, 6.45) is -18.9. The van der Waals surface area contributed by atoms with Crippen molar-refractivity contribution in [1.29, 1.82) is 10.5 Å². The number of rotatable bonds is 6. The summed E-state index contributed by atoms with van der Waals surface area (Å²) < 4.78 is 188. The maximum atomic E-state index is 13.2. The molecule has 6 amide bonds. The average Bonchev–Trinajstić information content (AvgIpc) is 3.32. The molecule has 4 aromatic carbocycles. The number of allylic oxidation sites excluding steroid dienone is 2. The van der Waals surface area contributed by atoms with Gasteiger partial charge in [0.15, 0.2) is 0 Å². The first-order chi connectivity index (χ1) is 35.0. The van der Waals surface area contributed by atoms with E-state index in [9.17, 15) is 90.8 Å². The number of nitrogens with one attached hydrogen (secondary N) is 2. The summed E-state index contributed by atoms with van der Waals surface area (Å²) >= 11 is 0. The smallest absolute Gasteiger partial charge is 0.335 e. The van der Waals surface area contributed by atoms with E-state index in [0.29, 0.717) is 12.1 Å². The second kappa shape index (κ2) is 22.2. The van der Waals surface area contributed by atoms with Crippen LogP contribution in [0.15, 0.2) is 126 Å². The van der Waals surface area contributed by atoms with Crippen molar-refractivity contribution < 1.29 is 80.3 Å². The number of hydrogen-bond donors (Lipinski definition) is 2. The van der Waals surface area contributed by atoms with E-state index in [2.05, 4.69) is 29.0 Å². The molecule has 0 fully saturated rings. The molecule has 0 aliphatic carbocycles. The number of nitriles is 2.